The molecule has 0 atom stereocenters. The average molecular weight is 279 g/mol. The van der Waals surface area contributed by atoms with E-state index in [1.54, 1.807) is 7.11 Å². The Hall–Kier alpha value is -2.04. The molecule has 0 aromatic heterocycles. The van der Waals surface area contributed by atoms with Crippen molar-refractivity contribution in [2.45, 2.75) is 39.5 Å². The Morgan fingerprint density at radius 3 is 2.45 bits per heavy atom. The number of ether oxygens (including phenoxy) is 1. The van der Waals surface area contributed by atoms with Gasteiger partial charge in [-0.25, -0.2) is 0 Å². The predicted octanol–water partition coefficient (Wildman–Crippen LogP) is 2.90. The van der Waals surface area contributed by atoms with Crippen LogP contribution in [0.5, 0.6) is 5.75 Å². The number of carboxylic acid groups (broad SMARTS) is 1. The zero-order valence-corrected chi connectivity index (χ0v) is 12.2. The van der Waals surface area contributed by atoms with E-state index in [4.69, 9.17) is 9.84 Å². The van der Waals surface area contributed by atoms with Crippen LogP contribution in [0, 0.1) is 13.8 Å². The summed E-state index contributed by atoms with van der Waals surface area (Å²) in [6.07, 6.45) is 1.51. The molecule has 5 nitrogen and oxygen atoms in total. The van der Waals surface area contributed by atoms with Crippen LogP contribution >= 0.6 is 0 Å². The molecule has 1 amide bonds. The maximum Gasteiger partial charge on any atom is 0.303 e. The first-order valence-electron chi connectivity index (χ1n) is 6.61. The molecule has 1 aromatic rings. The minimum Gasteiger partial charge on any atom is -0.496 e. The highest BCUT2D eigenvalue weighted by Gasteiger charge is 2.10. The zero-order valence-electron chi connectivity index (χ0n) is 12.2. The van der Waals surface area contributed by atoms with Gasteiger partial charge in [-0.1, -0.05) is 6.07 Å². The Balaban J connectivity index is 2.56. The van der Waals surface area contributed by atoms with Crippen molar-refractivity contribution in [2.24, 2.45) is 0 Å². The van der Waals surface area contributed by atoms with E-state index in [0.29, 0.717) is 19.3 Å². The van der Waals surface area contributed by atoms with Crippen LogP contribution < -0.4 is 10.1 Å². The van der Waals surface area contributed by atoms with E-state index < -0.39 is 5.97 Å². The van der Waals surface area contributed by atoms with E-state index in [1.165, 1.54) is 0 Å². The fourth-order valence-electron chi connectivity index (χ4n) is 2.05. The van der Waals surface area contributed by atoms with Crippen LogP contribution in [0.15, 0.2) is 12.1 Å². The molecule has 0 bridgehead atoms. The molecular formula is C15H21NO4. The van der Waals surface area contributed by atoms with Gasteiger partial charge in [0.25, 0.3) is 0 Å². The minimum atomic E-state index is -0.829. The van der Waals surface area contributed by atoms with E-state index in [2.05, 4.69) is 5.32 Å². The highest BCUT2D eigenvalue weighted by molar-refractivity contribution is 5.92. The van der Waals surface area contributed by atoms with Gasteiger partial charge >= 0.3 is 5.97 Å². The average Bonchev–Trinajstić information content (AvgIpc) is 2.38. The van der Waals surface area contributed by atoms with Crippen molar-refractivity contribution >= 4 is 17.6 Å². The van der Waals surface area contributed by atoms with Gasteiger partial charge in [-0.2, -0.15) is 0 Å². The summed E-state index contributed by atoms with van der Waals surface area (Å²) in [5.74, 6) is -0.164. The molecule has 0 aliphatic carbocycles. The third kappa shape index (κ3) is 4.57. The summed E-state index contributed by atoms with van der Waals surface area (Å²) in [6.45, 7) is 3.84. The first-order chi connectivity index (χ1) is 9.45. The third-order valence-corrected chi connectivity index (χ3v) is 3.13. The molecule has 0 aliphatic rings. The Morgan fingerprint density at radius 2 is 1.85 bits per heavy atom. The Bertz CT molecular complexity index is 497. The second-order valence-electron chi connectivity index (χ2n) is 4.74. The van der Waals surface area contributed by atoms with Crippen LogP contribution in [0.25, 0.3) is 0 Å². The SMILES string of the molecule is COc1c(C)ccc(NC(=O)CCCCC(=O)O)c1C. The largest absolute Gasteiger partial charge is 0.496 e. The van der Waals surface area contributed by atoms with Crippen molar-refractivity contribution in [3.05, 3.63) is 23.3 Å². The molecule has 20 heavy (non-hydrogen) atoms. The number of aliphatic carboxylic acids is 1. The number of anilines is 1. The minimum absolute atomic E-state index is 0.102. The summed E-state index contributed by atoms with van der Waals surface area (Å²) in [5.41, 5.74) is 2.64. The standard InChI is InChI=1S/C15H21NO4/c1-10-8-9-12(11(2)15(10)20-3)16-13(17)6-4-5-7-14(18)19/h8-9H,4-7H2,1-3H3,(H,16,17)(H,18,19). The van der Waals surface area contributed by atoms with E-state index in [-0.39, 0.29) is 12.3 Å². The number of hydrogen-bond donors (Lipinski definition) is 2. The van der Waals surface area contributed by atoms with Gasteiger partial charge in [-0.3, -0.25) is 9.59 Å². The van der Waals surface area contributed by atoms with Crippen molar-refractivity contribution in [3.63, 3.8) is 0 Å². The number of unbranched alkanes of at least 4 members (excludes halogenated alkanes) is 1. The molecule has 0 spiro atoms. The van der Waals surface area contributed by atoms with Crippen LogP contribution in [0.1, 0.15) is 36.8 Å². The summed E-state index contributed by atoms with van der Waals surface area (Å²) >= 11 is 0. The van der Waals surface area contributed by atoms with Crippen molar-refractivity contribution in [2.75, 3.05) is 12.4 Å². The van der Waals surface area contributed by atoms with E-state index >= 15 is 0 Å². The molecular weight excluding hydrogens is 258 g/mol. The number of amides is 1. The van der Waals surface area contributed by atoms with Crippen LogP contribution in [0.3, 0.4) is 0 Å². The first kappa shape index (κ1) is 16.0. The molecule has 0 aliphatic heterocycles. The number of aryl methyl sites for hydroxylation is 1. The molecule has 0 radical (unpaired) electrons. The normalized spacial score (nSPS) is 10.2. The number of carboxylic acids is 1. The van der Waals surface area contributed by atoms with E-state index in [9.17, 15) is 9.59 Å². The monoisotopic (exact) mass is 279 g/mol. The smallest absolute Gasteiger partial charge is 0.303 e. The Kier molecular flexibility index (Phi) is 6.03. The predicted molar refractivity (Wildman–Crippen MR) is 77.2 cm³/mol. The van der Waals surface area contributed by atoms with Gasteiger partial charge in [-0.15, -0.1) is 0 Å². The number of carbonyl (C=O) groups excluding carboxylic acids is 1. The Morgan fingerprint density at radius 1 is 1.20 bits per heavy atom. The number of carbonyl (C=O) groups is 2. The molecule has 1 aromatic carbocycles. The van der Waals surface area contributed by atoms with Gasteiger partial charge < -0.3 is 15.2 Å². The number of hydrogen-bond acceptors (Lipinski definition) is 3. The fourth-order valence-corrected chi connectivity index (χ4v) is 2.05. The lowest BCUT2D eigenvalue weighted by atomic mass is 10.1. The van der Waals surface area contributed by atoms with Gasteiger partial charge in [0.05, 0.1) is 7.11 Å². The van der Waals surface area contributed by atoms with Crippen LogP contribution in [-0.2, 0) is 9.59 Å². The number of benzene rings is 1. The van der Waals surface area contributed by atoms with Crippen molar-refractivity contribution in [1.82, 2.24) is 0 Å². The molecule has 2 N–H and O–H groups in total. The lowest BCUT2D eigenvalue weighted by Crippen LogP contribution is -2.12. The quantitative estimate of drug-likeness (QED) is 0.752. The van der Waals surface area contributed by atoms with Gasteiger partial charge in [-0.05, 0) is 38.3 Å². The summed E-state index contributed by atoms with van der Waals surface area (Å²) < 4.78 is 5.31. The Labute approximate surface area is 118 Å². The molecule has 0 saturated heterocycles. The van der Waals surface area contributed by atoms with E-state index in [0.717, 1.165) is 22.6 Å². The second kappa shape index (κ2) is 7.53. The van der Waals surface area contributed by atoms with Gasteiger partial charge in [0.1, 0.15) is 5.75 Å². The maximum absolute atomic E-state index is 11.8. The van der Waals surface area contributed by atoms with Crippen LogP contribution in [-0.4, -0.2) is 24.1 Å². The molecule has 0 unspecified atom stereocenters. The number of methoxy groups -OCH3 is 1. The summed E-state index contributed by atoms with van der Waals surface area (Å²) in [6, 6.07) is 3.74. The molecule has 1 rings (SSSR count). The highest BCUT2D eigenvalue weighted by Crippen LogP contribution is 2.29. The lowest BCUT2D eigenvalue weighted by molar-refractivity contribution is -0.137. The molecule has 0 fully saturated rings. The lowest BCUT2D eigenvalue weighted by Gasteiger charge is -2.14. The van der Waals surface area contributed by atoms with Crippen molar-refractivity contribution < 1.29 is 19.4 Å². The zero-order chi connectivity index (χ0) is 15.1. The van der Waals surface area contributed by atoms with Crippen LogP contribution in [0.2, 0.25) is 0 Å². The van der Waals surface area contributed by atoms with Crippen molar-refractivity contribution in [3.8, 4) is 5.75 Å². The van der Waals surface area contributed by atoms with Gasteiger partial charge in [0.15, 0.2) is 0 Å². The third-order valence-electron chi connectivity index (χ3n) is 3.13. The molecule has 0 heterocycles. The van der Waals surface area contributed by atoms with E-state index in [1.807, 2.05) is 26.0 Å². The maximum atomic E-state index is 11.8. The number of rotatable bonds is 7. The van der Waals surface area contributed by atoms with Crippen molar-refractivity contribution in [1.29, 1.82) is 0 Å². The topological polar surface area (TPSA) is 75.6 Å². The molecule has 0 saturated carbocycles. The highest BCUT2D eigenvalue weighted by atomic mass is 16.5. The van der Waals surface area contributed by atoms with Crippen LogP contribution in [0.4, 0.5) is 5.69 Å². The summed E-state index contributed by atoms with van der Waals surface area (Å²) in [7, 11) is 1.60. The summed E-state index contributed by atoms with van der Waals surface area (Å²) in [5, 5.41) is 11.4. The molecule has 110 valence electrons. The van der Waals surface area contributed by atoms with Gasteiger partial charge in [0, 0.05) is 24.1 Å². The first-order valence-corrected chi connectivity index (χ1v) is 6.61. The fraction of sp³-hybridized carbons (Fsp3) is 0.467. The molecule has 5 heteroatoms. The second-order valence-corrected chi connectivity index (χ2v) is 4.74. The summed E-state index contributed by atoms with van der Waals surface area (Å²) in [4.78, 5) is 22.2. The number of nitrogens with one attached hydrogen (secondary N) is 1. The van der Waals surface area contributed by atoms with Gasteiger partial charge in [0.2, 0.25) is 5.91 Å².